The molecule has 2 atom stereocenters. The van der Waals surface area contributed by atoms with Gasteiger partial charge in [-0.05, 0) is 45.3 Å². The molecule has 0 radical (unpaired) electrons. The number of nitrogens with zero attached hydrogens (tertiary/aromatic N) is 3. The summed E-state index contributed by atoms with van der Waals surface area (Å²) < 4.78 is 0. The van der Waals surface area contributed by atoms with Crippen LogP contribution in [0.4, 0.5) is 0 Å². The Morgan fingerprint density at radius 3 is 2.56 bits per heavy atom. The topological polar surface area (TPSA) is 67.2 Å². The number of benzene rings is 1. The molecule has 0 saturated carbocycles. The number of phenolic OH excluding ortho intramolecular Hbond substituents is 1. The first-order chi connectivity index (χ1) is 11.8. The minimum absolute atomic E-state index is 0.0482. The lowest BCUT2D eigenvalue weighted by molar-refractivity contribution is 0.0776. The first-order valence-corrected chi connectivity index (χ1v) is 8.91. The fourth-order valence-electron chi connectivity index (χ4n) is 3.23. The van der Waals surface area contributed by atoms with Crippen LogP contribution >= 0.6 is 11.6 Å². The summed E-state index contributed by atoms with van der Waals surface area (Å²) in [5, 5.41) is 20.1. The Morgan fingerprint density at radius 1 is 1.24 bits per heavy atom. The van der Waals surface area contributed by atoms with Crippen LogP contribution in [0, 0.1) is 11.8 Å². The van der Waals surface area contributed by atoms with E-state index in [1.54, 1.807) is 11.0 Å². The van der Waals surface area contributed by atoms with Crippen LogP contribution in [-0.4, -0.2) is 91.3 Å². The van der Waals surface area contributed by atoms with Crippen molar-refractivity contribution in [2.45, 2.75) is 0 Å². The quantitative estimate of drug-likeness (QED) is 0.756. The van der Waals surface area contributed by atoms with Gasteiger partial charge in [0.2, 0.25) is 0 Å². The molecule has 2 unspecified atom stereocenters. The monoisotopic (exact) mass is 369 g/mol. The van der Waals surface area contributed by atoms with Crippen molar-refractivity contribution in [1.82, 2.24) is 14.7 Å². The number of hydrogen-bond acceptors (Lipinski definition) is 5. The number of aliphatic hydroxyl groups excluding tert-OH is 1. The Balaban J connectivity index is 2.02. The van der Waals surface area contributed by atoms with E-state index in [4.69, 9.17) is 11.6 Å². The van der Waals surface area contributed by atoms with Crippen molar-refractivity contribution in [3.05, 3.63) is 28.8 Å². The molecule has 0 aliphatic carbocycles. The second kappa shape index (κ2) is 8.85. The highest BCUT2D eigenvalue weighted by molar-refractivity contribution is 6.31. The molecule has 140 valence electrons. The van der Waals surface area contributed by atoms with Gasteiger partial charge in [0.05, 0.1) is 5.56 Å². The molecule has 0 aromatic heterocycles. The largest absolute Gasteiger partial charge is 0.507 e. The zero-order valence-electron chi connectivity index (χ0n) is 15.2. The van der Waals surface area contributed by atoms with Crippen LogP contribution in [0.5, 0.6) is 5.75 Å². The number of halogens is 1. The molecule has 0 bridgehead atoms. The van der Waals surface area contributed by atoms with Crippen molar-refractivity contribution in [3.8, 4) is 5.75 Å². The Morgan fingerprint density at radius 2 is 1.92 bits per heavy atom. The van der Waals surface area contributed by atoms with E-state index in [0.29, 0.717) is 18.1 Å². The van der Waals surface area contributed by atoms with E-state index < -0.39 is 0 Å². The summed E-state index contributed by atoms with van der Waals surface area (Å²) >= 11 is 5.95. The number of hydrogen-bond donors (Lipinski definition) is 2. The lowest BCUT2D eigenvalue weighted by Gasteiger charge is -2.25. The number of rotatable bonds is 7. The summed E-state index contributed by atoms with van der Waals surface area (Å²) in [5.74, 6) is -0.0482. The number of carbonyl (C=O) groups excluding carboxylic acids is 1. The summed E-state index contributed by atoms with van der Waals surface area (Å²) in [5.41, 5.74) is 0.214. The number of likely N-dealkylation sites (tertiary alicyclic amines) is 1. The predicted octanol–water partition coefficient (Wildman–Crippen LogP) is 1.22. The molecule has 1 aliphatic heterocycles. The van der Waals surface area contributed by atoms with Gasteiger partial charge in [0, 0.05) is 50.3 Å². The van der Waals surface area contributed by atoms with Gasteiger partial charge in [0.15, 0.2) is 0 Å². The van der Waals surface area contributed by atoms with Crippen molar-refractivity contribution >= 4 is 17.5 Å². The molecule has 25 heavy (non-hydrogen) atoms. The fraction of sp³-hybridized carbons (Fsp3) is 0.611. The molecule has 7 heteroatoms. The maximum atomic E-state index is 12.7. The van der Waals surface area contributed by atoms with Crippen LogP contribution in [0.1, 0.15) is 10.4 Å². The first kappa shape index (κ1) is 20.0. The lowest BCUT2D eigenvalue weighted by Crippen LogP contribution is -2.35. The van der Waals surface area contributed by atoms with E-state index >= 15 is 0 Å². The van der Waals surface area contributed by atoms with E-state index in [2.05, 4.69) is 16.8 Å². The van der Waals surface area contributed by atoms with E-state index in [1.165, 1.54) is 12.1 Å². The van der Waals surface area contributed by atoms with E-state index in [1.807, 2.05) is 14.1 Å². The number of amides is 1. The minimum Gasteiger partial charge on any atom is -0.507 e. The summed E-state index contributed by atoms with van der Waals surface area (Å²) in [6.07, 6.45) is 0. The van der Waals surface area contributed by atoms with E-state index in [9.17, 15) is 15.0 Å². The Kier molecular flexibility index (Phi) is 7.07. The van der Waals surface area contributed by atoms with Gasteiger partial charge in [-0.2, -0.15) is 0 Å². The van der Waals surface area contributed by atoms with Gasteiger partial charge in [0.25, 0.3) is 5.91 Å². The standard InChI is InChI=1S/C18H28ClN3O3/c1-20(2)6-7-21(3)9-13-10-22(11-14(13)12-23)18(25)16-8-15(19)4-5-17(16)24/h4-5,8,13-14,23-24H,6-7,9-12H2,1-3H3. The highest BCUT2D eigenvalue weighted by Crippen LogP contribution is 2.29. The third-order valence-electron chi connectivity index (χ3n) is 4.76. The van der Waals surface area contributed by atoms with Crippen molar-refractivity contribution in [1.29, 1.82) is 0 Å². The summed E-state index contributed by atoms with van der Waals surface area (Å²) in [4.78, 5) is 18.8. The maximum Gasteiger partial charge on any atom is 0.257 e. The first-order valence-electron chi connectivity index (χ1n) is 8.53. The molecule has 1 aromatic rings. The summed E-state index contributed by atoms with van der Waals surface area (Å²) in [6.45, 7) is 3.84. The van der Waals surface area contributed by atoms with Gasteiger partial charge in [-0.15, -0.1) is 0 Å². The number of likely N-dealkylation sites (N-methyl/N-ethyl adjacent to an activating group) is 2. The van der Waals surface area contributed by atoms with E-state index in [-0.39, 0.29) is 35.7 Å². The van der Waals surface area contributed by atoms with Crippen molar-refractivity contribution in [2.75, 3.05) is 60.5 Å². The Labute approximate surface area is 154 Å². The minimum atomic E-state index is -0.239. The molecule has 1 amide bonds. The average molecular weight is 370 g/mol. The van der Waals surface area contributed by atoms with E-state index in [0.717, 1.165) is 19.6 Å². The maximum absolute atomic E-state index is 12.7. The molecule has 2 N–H and O–H groups in total. The molecule has 1 fully saturated rings. The van der Waals surface area contributed by atoms with Gasteiger partial charge in [-0.3, -0.25) is 4.79 Å². The predicted molar refractivity (Wildman–Crippen MR) is 99.1 cm³/mol. The van der Waals surface area contributed by atoms with Crippen LogP contribution in [0.2, 0.25) is 5.02 Å². The zero-order valence-corrected chi connectivity index (χ0v) is 15.9. The van der Waals surface area contributed by atoms with Gasteiger partial charge >= 0.3 is 0 Å². The number of carbonyl (C=O) groups is 1. The van der Waals surface area contributed by atoms with Crippen molar-refractivity contribution in [3.63, 3.8) is 0 Å². The number of aliphatic hydroxyl groups is 1. The van der Waals surface area contributed by atoms with Gasteiger partial charge in [-0.1, -0.05) is 11.6 Å². The third-order valence-corrected chi connectivity index (χ3v) is 5.00. The molecule has 6 nitrogen and oxygen atoms in total. The van der Waals surface area contributed by atoms with Gasteiger partial charge in [-0.25, -0.2) is 0 Å². The van der Waals surface area contributed by atoms with Gasteiger partial charge < -0.3 is 24.9 Å². The van der Waals surface area contributed by atoms with Crippen molar-refractivity contribution in [2.24, 2.45) is 11.8 Å². The second-order valence-corrected chi connectivity index (χ2v) is 7.58. The zero-order chi connectivity index (χ0) is 18.6. The SMILES string of the molecule is CN(C)CCN(C)CC1CN(C(=O)c2cc(Cl)ccc2O)CC1CO. The summed E-state index contributed by atoms with van der Waals surface area (Å²) in [6, 6.07) is 4.47. The Hall–Kier alpha value is -1.34. The molecule has 1 saturated heterocycles. The number of phenols is 1. The van der Waals surface area contributed by atoms with Gasteiger partial charge in [0.1, 0.15) is 5.75 Å². The smallest absolute Gasteiger partial charge is 0.257 e. The van der Waals surface area contributed by atoms with Crippen LogP contribution in [-0.2, 0) is 0 Å². The number of aromatic hydroxyl groups is 1. The molecular formula is C18H28ClN3O3. The molecule has 0 spiro atoms. The van der Waals surface area contributed by atoms with Crippen LogP contribution in [0.3, 0.4) is 0 Å². The normalized spacial score (nSPS) is 20.7. The molecule has 1 aliphatic rings. The van der Waals surface area contributed by atoms with Crippen LogP contribution in [0.15, 0.2) is 18.2 Å². The lowest BCUT2D eigenvalue weighted by atomic mass is 9.96. The average Bonchev–Trinajstić information content (AvgIpc) is 2.97. The highest BCUT2D eigenvalue weighted by atomic mass is 35.5. The van der Waals surface area contributed by atoms with Crippen LogP contribution in [0.25, 0.3) is 0 Å². The van der Waals surface area contributed by atoms with Crippen molar-refractivity contribution < 1.29 is 15.0 Å². The molecular weight excluding hydrogens is 342 g/mol. The third kappa shape index (κ3) is 5.31. The molecule has 1 aromatic carbocycles. The summed E-state index contributed by atoms with van der Waals surface area (Å²) in [7, 11) is 6.14. The highest BCUT2D eigenvalue weighted by Gasteiger charge is 2.36. The fourth-order valence-corrected chi connectivity index (χ4v) is 3.40. The second-order valence-electron chi connectivity index (χ2n) is 7.14. The Bertz CT molecular complexity index is 597. The molecule has 1 heterocycles. The van der Waals surface area contributed by atoms with Crippen LogP contribution < -0.4 is 0 Å². The molecule has 2 rings (SSSR count).